The molecule has 0 bridgehead atoms. The first-order chi connectivity index (χ1) is 11.5. The minimum absolute atomic E-state index is 0.0844. The van der Waals surface area contributed by atoms with E-state index in [2.05, 4.69) is 20.8 Å². The van der Waals surface area contributed by atoms with Gasteiger partial charge in [-0.1, -0.05) is 12.8 Å². The number of hydrogen-bond acceptors (Lipinski definition) is 4. The van der Waals surface area contributed by atoms with Crippen LogP contribution in [-0.4, -0.2) is 22.1 Å². The third-order valence-electron chi connectivity index (χ3n) is 3.89. The largest absolute Gasteiger partial charge is 0.366 e. The van der Waals surface area contributed by atoms with Crippen LogP contribution in [0.2, 0.25) is 0 Å². The smallest absolute Gasteiger partial charge is 0.259 e. The fraction of sp³-hybridized carbons (Fsp3) is 0.312. The molecule has 1 heterocycles. The summed E-state index contributed by atoms with van der Waals surface area (Å²) in [6.45, 7) is 0. The van der Waals surface area contributed by atoms with Crippen molar-refractivity contribution in [1.82, 2.24) is 10.2 Å². The van der Waals surface area contributed by atoms with Gasteiger partial charge >= 0.3 is 0 Å². The van der Waals surface area contributed by atoms with E-state index in [1.54, 1.807) is 6.07 Å². The lowest BCUT2D eigenvalue weighted by Crippen LogP contribution is -2.18. The van der Waals surface area contributed by atoms with Crippen LogP contribution in [0.1, 0.15) is 36.0 Å². The van der Waals surface area contributed by atoms with Crippen LogP contribution in [0.4, 0.5) is 24.8 Å². The molecule has 1 aromatic carbocycles. The summed E-state index contributed by atoms with van der Waals surface area (Å²) >= 11 is 0. The zero-order valence-corrected chi connectivity index (χ0v) is 12.7. The highest BCUT2D eigenvalue weighted by atomic mass is 19.2. The minimum Gasteiger partial charge on any atom is -0.366 e. The molecule has 0 spiro atoms. The monoisotopic (exact) mass is 336 g/mol. The molecule has 0 unspecified atom stereocenters. The van der Waals surface area contributed by atoms with Crippen LogP contribution in [0.25, 0.3) is 0 Å². The second-order valence-corrected chi connectivity index (χ2v) is 5.61. The Balaban J connectivity index is 1.67. The van der Waals surface area contributed by atoms with E-state index >= 15 is 0 Å². The number of hydrogen-bond donors (Lipinski definition) is 2. The lowest BCUT2D eigenvalue weighted by atomic mass is 10.2. The van der Waals surface area contributed by atoms with Crippen LogP contribution in [0, 0.1) is 17.5 Å². The van der Waals surface area contributed by atoms with Gasteiger partial charge in [-0.15, -0.1) is 10.2 Å². The van der Waals surface area contributed by atoms with Gasteiger partial charge in [-0.3, -0.25) is 4.79 Å². The SMILES string of the molecule is O=C(Nc1ccc(NC2CCCC2)nn1)c1ccc(F)c(F)c1F. The molecule has 0 saturated heterocycles. The van der Waals surface area contributed by atoms with Gasteiger partial charge in [0.15, 0.2) is 23.3 Å². The fourth-order valence-electron chi connectivity index (χ4n) is 2.64. The van der Waals surface area contributed by atoms with Crippen LogP contribution in [0.5, 0.6) is 0 Å². The highest BCUT2D eigenvalue weighted by Crippen LogP contribution is 2.21. The molecule has 126 valence electrons. The number of anilines is 2. The summed E-state index contributed by atoms with van der Waals surface area (Å²) < 4.78 is 39.6. The second-order valence-electron chi connectivity index (χ2n) is 5.61. The second kappa shape index (κ2) is 6.86. The van der Waals surface area contributed by atoms with E-state index in [0.717, 1.165) is 18.9 Å². The van der Waals surface area contributed by atoms with E-state index in [1.807, 2.05) is 0 Å². The molecule has 1 saturated carbocycles. The number of amides is 1. The summed E-state index contributed by atoms with van der Waals surface area (Å²) in [5, 5.41) is 13.3. The molecule has 2 N–H and O–H groups in total. The molecule has 0 atom stereocenters. The molecule has 1 aliphatic rings. The molecule has 1 fully saturated rings. The van der Waals surface area contributed by atoms with Gasteiger partial charge < -0.3 is 10.6 Å². The van der Waals surface area contributed by atoms with Gasteiger partial charge in [-0.25, -0.2) is 13.2 Å². The van der Waals surface area contributed by atoms with E-state index in [9.17, 15) is 18.0 Å². The topological polar surface area (TPSA) is 66.9 Å². The van der Waals surface area contributed by atoms with Crippen LogP contribution in [-0.2, 0) is 0 Å². The van der Waals surface area contributed by atoms with Crippen molar-refractivity contribution in [3.63, 3.8) is 0 Å². The summed E-state index contributed by atoms with van der Waals surface area (Å²) in [5.41, 5.74) is -0.608. The minimum atomic E-state index is -1.69. The maximum absolute atomic E-state index is 13.6. The first kappa shape index (κ1) is 16.2. The number of nitrogens with zero attached hydrogens (tertiary/aromatic N) is 2. The summed E-state index contributed by atoms with van der Waals surface area (Å²) in [4.78, 5) is 11.9. The molecule has 0 aliphatic heterocycles. The Bertz CT molecular complexity index is 746. The molecular weight excluding hydrogens is 321 g/mol. The Morgan fingerprint density at radius 1 is 0.958 bits per heavy atom. The average Bonchev–Trinajstić information content (AvgIpc) is 3.07. The molecule has 2 aromatic rings. The Morgan fingerprint density at radius 2 is 1.62 bits per heavy atom. The van der Waals surface area contributed by atoms with E-state index < -0.39 is 28.9 Å². The quantitative estimate of drug-likeness (QED) is 0.839. The predicted octanol–water partition coefficient (Wildman–Crippen LogP) is 3.50. The van der Waals surface area contributed by atoms with Gasteiger partial charge in [-0.2, -0.15) is 0 Å². The molecule has 1 aromatic heterocycles. The average molecular weight is 336 g/mol. The molecule has 5 nitrogen and oxygen atoms in total. The summed E-state index contributed by atoms with van der Waals surface area (Å²) in [7, 11) is 0. The summed E-state index contributed by atoms with van der Waals surface area (Å²) in [6.07, 6.45) is 4.52. The highest BCUT2D eigenvalue weighted by Gasteiger charge is 2.19. The number of benzene rings is 1. The molecular formula is C16H15F3N4O. The van der Waals surface area contributed by atoms with Gasteiger partial charge in [0, 0.05) is 6.04 Å². The van der Waals surface area contributed by atoms with E-state index in [4.69, 9.17) is 0 Å². The first-order valence-corrected chi connectivity index (χ1v) is 7.59. The number of aromatic nitrogens is 2. The van der Waals surface area contributed by atoms with Crippen molar-refractivity contribution in [1.29, 1.82) is 0 Å². The van der Waals surface area contributed by atoms with Gasteiger partial charge in [0.05, 0.1) is 5.56 Å². The van der Waals surface area contributed by atoms with Crippen LogP contribution in [0.3, 0.4) is 0 Å². The number of halogens is 3. The molecule has 8 heteroatoms. The zero-order chi connectivity index (χ0) is 17.1. The van der Waals surface area contributed by atoms with Crippen LogP contribution >= 0.6 is 0 Å². The lowest BCUT2D eigenvalue weighted by molar-refractivity contribution is 0.102. The van der Waals surface area contributed by atoms with Crippen molar-refractivity contribution in [3.8, 4) is 0 Å². The Hall–Kier alpha value is -2.64. The van der Waals surface area contributed by atoms with Crippen molar-refractivity contribution in [3.05, 3.63) is 47.3 Å². The van der Waals surface area contributed by atoms with Crippen LogP contribution < -0.4 is 10.6 Å². The third kappa shape index (κ3) is 3.47. The number of carbonyl (C=O) groups is 1. The fourth-order valence-corrected chi connectivity index (χ4v) is 2.64. The van der Waals surface area contributed by atoms with Crippen molar-refractivity contribution in [2.75, 3.05) is 10.6 Å². The molecule has 3 rings (SSSR count). The van der Waals surface area contributed by atoms with Crippen LogP contribution in [0.15, 0.2) is 24.3 Å². The molecule has 1 aliphatic carbocycles. The van der Waals surface area contributed by atoms with Gasteiger partial charge in [0.1, 0.15) is 5.82 Å². The summed E-state index contributed by atoms with van der Waals surface area (Å²) in [5.74, 6) is -4.85. The van der Waals surface area contributed by atoms with Gasteiger partial charge in [0.25, 0.3) is 5.91 Å². The van der Waals surface area contributed by atoms with E-state index in [-0.39, 0.29) is 5.82 Å². The highest BCUT2D eigenvalue weighted by molar-refractivity contribution is 6.03. The van der Waals surface area contributed by atoms with Crippen molar-refractivity contribution in [2.24, 2.45) is 0 Å². The number of nitrogens with one attached hydrogen (secondary N) is 2. The lowest BCUT2D eigenvalue weighted by Gasteiger charge is -2.12. The molecule has 0 radical (unpaired) electrons. The van der Waals surface area contributed by atoms with Crippen molar-refractivity contribution >= 4 is 17.5 Å². The molecule has 24 heavy (non-hydrogen) atoms. The predicted molar refractivity (Wildman–Crippen MR) is 82.2 cm³/mol. The summed E-state index contributed by atoms with van der Waals surface area (Å²) in [6, 6.07) is 5.07. The third-order valence-corrected chi connectivity index (χ3v) is 3.89. The number of carbonyl (C=O) groups excluding carboxylic acids is 1. The Morgan fingerprint density at radius 3 is 2.29 bits per heavy atom. The first-order valence-electron chi connectivity index (χ1n) is 7.59. The van der Waals surface area contributed by atoms with E-state index in [0.29, 0.717) is 17.9 Å². The normalized spacial score (nSPS) is 14.6. The Labute approximate surface area is 136 Å². The van der Waals surface area contributed by atoms with Crippen molar-refractivity contribution in [2.45, 2.75) is 31.7 Å². The Kier molecular flexibility index (Phi) is 4.64. The van der Waals surface area contributed by atoms with Gasteiger partial charge in [-0.05, 0) is 37.1 Å². The number of rotatable bonds is 4. The maximum atomic E-state index is 13.6. The maximum Gasteiger partial charge on any atom is 0.259 e. The zero-order valence-electron chi connectivity index (χ0n) is 12.7. The van der Waals surface area contributed by atoms with E-state index in [1.165, 1.54) is 18.9 Å². The molecule has 1 amide bonds. The standard InChI is InChI=1S/C16H15F3N4O/c17-11-6-5-10(14(18)15(11)19)16(24)21-13-8-7-12(22-23-13)20-9-3-1-2-4-9/h5-9H,1-4H2,(H,20,22)(H,21,23,24). The van der Waals surface area contributed by atoms with Crippen molar-refractivity contribution < 1.29 is 18.0 Å². The van der Waals surface area contributed by atoms with Gasteiger partial charge in [0.2, 0.25) is 0 Å².